The van der Waals surface area contributed by atoms with E-state index in [1.165, 1.54) is 0 Å². The van der Waals surface area contributed by atoms with Gasteiger partial charge in [0.25, 0.3) is 0 Å². The minimum atomic E-state index is -0.538. The van der Waals surface area contributed by atoms with Gasteiger partial charge in [-0.1, -0.05) is 6.07 Å². The van der Waals surface area contributed by atoms with E-state index in [2.05, 4.69) is 6.07 Å². The third-order valence-corrected chi connectivity index (χ3v) is 2.06. The van der Waals surface area contributed by atoms with Gasteiger partial charge in [-0.2, -0.15) is 5.26 Å². The fraction of sp³-hybridized carbons (Fsp3) is 0.364. The van der Waals surface area contributed by atoms with E-state index in [-0.39, 0.29) is 5.75 Å². The van der Waals surface area contributed by atoms with Gasteiger partial charge in [-0.15, -0.1) is 0 Å². The van der Waals surface area contributed by atoms with Crippen LogP contribution in [-0.4, -0.2) is 5.11 Å². The number of aryl methyl sites for hydroxylation is 1. The second-order valence-corrected chi connectivity index (χ2v) is 3.79. The minimum Gasteiger partial charge on any atom is -0.508 e. The monoisotopic (exact) mass is 175 g/mol. The molecule has 0 saturated heterocycles. The predicted molar refractivity (Wildman–Crippen MR) is 51.5 cm³/mol. The molecule has 0 saturated carbocycles. The highest BCUT2D eigenvalue weighted by Crippen LogP contribution is 2.26. The molecule has 0 atom stereocenters. The Bertz CT molecular complexity index is 341. The minimum absolute atomic E-state index is 0.221. The Kier molecular flexibility index (Phi) is 2.29. The highest BCUT2D eigenvalue weighted by Gasteiger charge is 2.20. The maximum Gasteiger partial charge on any atom is 0.116 e. The van der Waals surface area contributed by atoms with Gasteiger partial charge in [0.2, 0.25) is 0 Å². The molecule has 1 N–H and O–H groups in total. The second kappa shape index (κ2) is 3.10. The first kappa shape index (κ1) is 9.60. The molecule has 0 amide bonds. The molecule has 2 heteroatoms. The predicted octanol–water partition coefficient (Wildman–Crippen LogP) is 2.50. The van der Waals surface area contributed by atoms with Crippen LogP contribution in [0.1, 0.15) is 25.0 Å². The standard InChI is InChI=1S/C11H13NO/c1-8-4-9(6-10(13)5-8)11(2,3)7-12/h4-6,13H,1-3H3. The summed E-state index contributed by atoms with van der Waals surface area (Å²) in [5.41, 5.74) is 1.29. The fourth-order valence-corrected chi connectivity index (χ4v) is 1.19. The van der Waals surface area contributed by atoms with Gasteiger partial charge >= 0.3 is 0 Å². The van der Waals surface area contributed by atoms with Crippen molar-refractivity contribution >= 4 is 0 Å². The molecule has 68 valence electrons. The van der Waals surface area contributed by atoms with Crippen LogP contribution in [0.15, 0.2) is 18.2 Å². The number of hydrogen-bond donors (Lipinski definition) is 1. The summed E-state index contributed by atoms with van der Waals surface area (Å²) in [6.07, 6.45) is 0. The van der Waals surface area contributed by atoms with Crippen LogP contribution in [0.5, 0.6) is 5.75 Å². The molecule has 1 aromatic carbocycles. The fourth-order valence-electron chi connectivity index (χ4n) is 1.19. The lowest BCUT2D eigenvalue weighted by atomic mass is 9.85. The van der Waals surface area contributed by atoms with Gasteiger partial charge in [0.05, 0.1) is 11.5 Å². The quantitative estimate of drug-likeness (QED) is 0.712. The molecule has 0 radical (unpaired) electrons. The average Bonchev–Trinajstić information content (AvgIpc) is 2.02. The summed E-state index contributed by atoms with van der Waals surface area (Å²) in [6.45, 7) is 5.57. The number of nitrogens with zero attached hydrogens (tertiary/aromatic N) is 1. The van der Waals surface area contributed by atoms with Crippen LogP contribution >= 0.6 is 0 Å². The van der Waals surface area contributed by atoms with Gasteiger partial charge in [-0.05, 0) is 44.0 Å². The van der Waals surface area contributed by atoms with Gasteiger partial charge in [0.1, 0.15) is 5.75 Å². The zero-order valence-electron chi connectivity index (χ0n) is 8.13. The van der Waals surface area contributed by atoms with Crippen LogP contribution in [0.2, 0.25) is 0 Å². The van der Waals surface area contributed by atoms with Gasteiger partial charge in [-0.3, -0.25) is 0 Å². The van der Waals surface area contributed by atoms with Crippen LogP contribution in [0.4, 0.5) is 0 Å². The van der Waals surface area contributed by atoms with Crippen molar-refractivity contribution in [3.05, 3.63) is 29.3 Å². The number of phenolic OH excluding ortho intramolecular Hbond substituents is 1. The lowest BCUT2D eigenvalue weighted by Crippen LogP contribution is -2.13. The van der Waals surface area contributed by atoms with Crippen molar-refractivity contribution in [2.45, 2.75) is 26.2 Å². The molecule has 0 aliphatic carbocycles. The van der Waals surface area contributed by atoms with Crippen LogP contribution in [-0.2, 0) is 5.41 Å². The summed E-state index contributed by atoms with van der Waals surface area (Å²) in [5.74, 6) is 0.221. The second-order valence-electron chi connectivity index (χ2n) is 3.79. The van der Waals surface area contributed by atoms with Gasteiger partial charge in [-0.25, -0.2) is 0 Å². The van der Waals surface area contributed by atoms with E-state index in [9.17, 15) is 5.11 Å². The van der Waals surface area contributed by atoms with Crippen molar-refractivity contribution in [3.8, 4) is 11.8 Å². The Balaban J connectivity index is 3.25. The van der Waals surface area contributed by atoms with Gasteiger partial charge in [0, 0.05) is 0 Å². The Hall–Kier alpha value is -1.49. The molecule has 0 aliphatic rings. The van der Waals surface area contributed by atoms with E-state index in [1.807, 2.05) is 26.8 Å². The van der Waals surface area contributed by atoms with Crippen molar-refractivity contribution in [3.63, 3.8) is 0 Å². The van der Waals surface area contributed by atoms with E-state index < -0.39 is 5.41 Å². The summed E-state index contributed by atoms with van der Waals surface area (Å²) < 4.78 is 0. The van der Waals surface area contributed by atoms with Crippen molar-refractivity contribution in [2.24, 2.45) is 0 Å². The number of rotatable bonds is 1. The first-order valence-electron chi connectivity index (χ1n) is 4.18. The molecule has 0 aliphatic heterocycles. The van der Waals surface area contributed by atoms with E-state index in [4.69, 9.17) is 5.26 Å². The van der Waals surface area contributed by atoms with E-state index in [0.717, 1.165) is 11.1 Å². The molecular weight excluding hydrogens is 162 g/mol. The van der Waals surface area contributed by atoms with E-state index in [1.54, 1.807) is 12.1 Å². The average molecular weight is 175 g/mol. The topological polar surface area (TPSA) is 44.0 Å². The Morgan fingerprint density at radius 1 is 1.31 bits per heavy atom. The molecular formula is C11H13NO. The summed E-state index contributed by atoms with van der Waals surface area (Å²) in [6, 6.07) is 7.43. The first-order valence-corrected chi connectivity index (χ1v) is 4.18. The Morgan fingerprint density at radius 2 is 1.92 bits per heavy atom. The highest BCUT2D eigenvalue weighted by atomic mass is 16.3. The molecule has 1 aromatic rings. The lowest BCUT2D eigenvalue weighted by molar-refractivity contribution is 0.472. The molecule has 0 bridgehead atoms. The molecule has 0 fully saturated rings. The maximum atomic E-state index is 9.34. The van der Waals surface area contributed by atoms with Gasteiger partial charge < -0.3 is 5.11 Å². The number of benzene rings is 1. The van der Waals surface area contributed by atoms with E-state index >= 15 is 0 Å². The third kappa shape index (κ3) is 2.00. The molecule has 13 heavy (non-hydrogen) atoms. The smallest absolute Gasteiger partial charge is 0.116 e. The van der Waals surface area contributed by atoms with Gasteiger partial charge in [0.15, 0.2) is 0 Å². The molecule has 0 aromatic heterocycles. The molecule has 2 nitrogen and oxygen atoms in total. The number of phenols is 1. The molecule has 0 unspecified atom stereocenters. The number of nitriles is 1. The normalized spacial score (nSPS) is 10.9. The summed E-state index contributed by atoms with van der Waals surface area (Å²) >= 11 is 0. The summed E-state index contributed by atoms with van der Waals surface area (Å²) in [5, 5.41) is 18.2. The maximum absolute atomic E-state index is 9.34. The zero-order chi connectivity index (χ0) is 10.1. The lowest BCUT2D eigenvalue weighted by Gasteiger charge is -2.16. The summed E-state index contributed by atoms with van der Waals surface area (Å²) in [4.78, 5) is 0. The van der Waals surface area contributed by atoms with Crippen molar-refractivity contribution < 1.29 is 5.11 Å². The third-order valence-electron chi connectivity index (χ3n) is 2.06. The number of hydrogen-bond acceptors (Lipinski definition) is 2. The van der Waals surface area contributed by atoms with Crippen molar-refractivity contribution in [1.29, 1.82) is 5.26 Å². The largest absolute Gasteiger partial charge is 0.508 e. The van der Waals surface area contributed by atoms with Crippen LogP contribution in [0, 0.1) is 18.3 Å². The Labute approximate surface area is 78.4 Å². The van der Waals surface area contributed by atoms with Crippen LogP contribution < -0.4 is 0 Å². The molecule has 0 heterocycles. The number of aromatic hydroxyl groups is 1. The van der Waals surface area contributed by atoms with Crippen LogP contribution in [0.3, 0.4) is 0 Å². The van der Waals surface area contributed by atoms with Crippen molar-refractivity contribution in [1.82, 2.24) is 0 Å². The molecule has 1 rings (SSSR count). The first-order chi connectivity index (χ1) is 5.95. The van der Waals surface area contributed by atoms with E-state index in [0.29, 0.717) is 0 Å². The van der Waals surface area contributed by atoms with Crippen LogP contribution in [0.25, 0.3) is 0 Å². The summed E-state index contributed by atoms with van der Waals surface area (Å²) in [7, 11) is 0. The SMILES string of the molecule is Cc1cc(O)cc(C(C)(C)C#N)c1. The Morgan fingerprint density at radius 3 is 2.38 bits per heavy atom. The highest BCUT2D eigenvalue weighted by molar-refractivity contribution is 5.39. The van der Waals surface area contributed by atoms with Crippen molar-refractivity contribution in [2.75, 3.05) is 0 Å². The zero-order valence-corrected chi connectivity index (χ0v) is 8.13. The molecule has 0 spiro atoms.